The molecule has 3 nitrogen and oxygen atoms in total. The lowest BCUT2D eigenvalue weighted by Gasteiger charge is -2.18. The molecule has 1 N–H and O–H groups in total. The minimum Gasteiger partial charge on any atom is -0.381 e. The second-order valence-electron chi connectivity index (χ2n) is 5.43. The average Bonchev–Trinajstić information content (AvgIpc) is 2.98. The lowest BCUT2D eigenvalue weighted by atomic mass is 9.99. The molecule has 1 saturated heterocycles. The number of terminal acetylenes is 1. The Kier molecular flexibility index (Phi) is 5.72. The molecule has 4 heteroatoms. The smallest absolute Gasteiger partial charge is 0.252 e. The maximum atomic E-state index is 12.2. The van der Waals surface area contributed by atoms with E-state index < -0.39 is 0 Å². The van der Waals surface area contributed by atoms with E-state index in [0.29, 0.717) is 17.4 Å². The molecule has 21 heavy (non-hydrogen) atoms. The highest BCUT2D eigenvalue weighted by molar-refractivity contribution is 7.99. The molecule has 1 aliphatic rings. The van der Waals surface area contributed by atoms with Gasteiger partial charge in [0, 0.05) is 28.2 Å². The minimum atomic E-state index is -0.260. The summed E-state index contributed by atoms with van der Waals surface area (Å²) in [7, 11) is 0. The van der Waals surface area contributed by atoms with E-state index >= 15 is 0 Å². The van der Waals surface area contributed by atoms with E-state index in [4.69, 9.17) is 11.2 Å². The Hall–Kier alpha value is -1.44. The van der Waals surface area contributed by atoms with Gasteiger partial charge in [0.25, 0.3) is 5.91 Å². The molecular formula is C17H21NO2S. The molecule has 1 fully saturated rings. The number of thioether (sulfide) groups is 1. The Morgan fingerprint density at radius 3 is 2.67 bits per heavy atom. The normalized spacial score (nSPS) is 19.2. The predicted octanol–water partition coefficient (Wildman–Crippen LogP) is 2.96. The van der Waals surface area contributed by atoms with Gasteiger partial charge in [-0.15, -0.1) is 18.2 Å². The molecule has 0 bridgehead atoms. The van der Waals surface area contributed by atoms with E-state index in [1.807, 2.05) is 24.3 Å². The van der Waals surface area contributed by atoms with Crippen molar-refractivity contribution in [2.75, 3.05) is 13.2 Å². The lowest BCUT2D eigenvalue weighted by molar-refractivity contribution is 0.0931. The van der Waals surface area contributed by atoms with Gasteiger partial charge < -0.3 is 10.1 Å². The van der Waals surface area contributed by atoms with Gasteiger partial charge in [-0.25, -0.2) is 0 Å². The monoisotopic (exact) mass is 303 g/mol. The lowest BCUT2D eigenvalue weighted by Crippen LogP contribution is -2.39. The Morgan fingerprint density at radius 2 is 2.14 bits per heavy atom. The first-order chi connectivity index (χ1) is 10.1. The van der Waals surface area contributed by atoms with Gasteiger partial charge in [0.05, 0.1) is 12.6 Å². The van der Waals surface area contributed by atoms with Crippen LogP contribution in [0, 0.1) is 18.3 Å². The van der Waals surface area contributed by atoms with Crippen molar-refractivity contribution in [3.8, 4) is 12.3 Å². The van der Waals surface area contributed by atoms with Gasteiger partial charge >= 0.3 is 0 Å². The second kappa shape index (κ2) is 7.53. The van der Waals surface area contributed by atoms with E-state index in [1.165, 1.54) is 4.90 Å². The summed E-state index contributed by atoms with van der Waals surface area (Å²) in [5.41, 5.74) is 0.641. The topological polar surface area (TPSA) is 38.3 Å². The highest BCUT2D eigenvalue weighted by atomic mass is 32.2. The number of ether oxygens (including phenoxy) is 1. The Morgan fingerprint density at radius 1 is 1.43 bits per heavy atom. The quantitative estimate of drug-likeness (QED) is 0.671. The van der Waals surface area contributed by atoms with E-state index in [2.05, 4.69) is 25.1 Å². The van der Waals surface area contributed by atoms with Crippen molar-refractivity contribution in [2.24, 2.45) is 5.92 Å². The Labute approximate surface area is 130 Å². The molecule has 2 rings (SSSR count). The molecule has 112 valence electrons. The molecule has 1 aliphatic heterocycles. The molecule has 0 aliphatic carbocycles. The number of nitrogens with one attached hydrogen (secondary N) is 1. The molecule has 2 atom stereocenters. The molecule has 0 spiro atoms. The zero-order valence-corrected chi connectivity index (χ0v) is 13.3. The first-order valence-corrected chi connectivity index (χ1v) is 8.09. The Balaban J connectivity index is 1.97. The van der Waals surface area contributed by atoms with E-state index in [1.54, 1.807) is 11.8 Å². The summed E-state index contributed by atoms with van der Waals surface area (Å²) in [4.78, 5) is 13.4. The van der Waals surface area contributed by atoms with Crippen LogP contribution in [-0.4, -0.2) is 30.4 Å². The largest absolute Gasteiger partial charge is 0.381 e. The molecule has 1 heterocycles. The zero-order chi connectivity index (χ0) is 15.2. The van der Waals surface area contributed by atoms with Crippen molar-refractivity contribution in [1.82, 2.24) is 5.32 Å². The minimum absolute atomic E-state index is 0.119. The van der Waals surface area contributed by atoms with Crippen LogP contribution in [0.1, 0.15) is 30.6 Å². The number of rotatable bonds is 5. The van der Waals surface area contributed by atoms with Crippen LogP contribution < -0.4 is 5.32 Å². The van der Waals surface area contributed by atoms with Crippen LogP contribution in [-0.2, 0) is 4.74 Å². The molecule has 0 saturated carbocycles. The van der Waals surface area contributed by atoms with E-state index in [-0.39, 0.29) is 17.9 Å². The van der Waals surface area contributed by atoms with Crippen LogP contribution >= 0.6 is 11.8 Å². The summed E-state index contributed by atoms with van der Waals surface area (Å²) >= 11 is 1.78. The second-order valence-corrected chi connectivity index (χ2v) is 7.08. The molecule has 0 unspecified atom stereocenters. The molecular weight excluding hydrogens is 282 g/mol. The van der Waals surface area contributed by atoms with Crippen LogP contribution in [0.15, 0.2) is 29.2 Å². The number of amides is 1. The third-order valence-electron chi connectivity index (χ3n) is 3.39. The van der Waals surface area contributed by atoms with Gasteiger partial charge in [0.1, 0.15) is 0 Å². The van der Waals surface area contributed by atoms with Gasteiger partial charge in [-0.3, -0.25) is 4.79 Å². The maximum absolute atomic E-state index is 12.2. The highest BCUT2D eigenvalue weighted by Gasteiger charge is 2.25. The van der Waals surface area contributed by atoms with Crippen LogP contribution in [0.3, 0.4) is 0 Å². The molecule has 1 aromatic rings. The number of hydrogen-bond donors (Lipinski definition) is 1. The molecule has 0 aromatic heterocycles. The SMILES string of the molecule is C#C[C@@H](NC(=O)c1ccc(SC(C)C)cc1)[C@@H]1CCOC1. The summed E-state index contributed by atoms with van der Waals surface area (Å²) in [5.74, 6) is 2.76. The van der Waals surface area contributed by atoms with Crippen molar-refractivity contribution in [2.45, 2.75) is 36.5 Å². The number of carbonyl (C=O) groups excluding carboxylic acids is 1. The maximum Gasteiger partial charge on any atom is 0.252 e. The van der Waals surface area contributed by atoms with Crippen LogP contribution in [0.2, 0.25) is 0 Å². The van der Waals surface area contributed by atoms with Crippen LogP contribution in [0.4, 0.5) is 0 Å². The van der Waals surface area contributed by atoms with E-state index in [9.17, 15) is 4.79 Å². The Bertz CT molecular complexity index is 513. The summed E-state index contributed by atoms with van der Waals surface area (Å²) in [5, 5.41) is 3.45. The fourth-order valence-corrected chi connectivity index (χ4v) is 3.13. The molecule has 0 radical (unpaired) electrons. The zero-order valence-electron chi connectivity index (χ0n) is 12.5. The molecule has 1 amide bonds. The number of carbonyl (C=O) groups is 1. The summed E-state index contributed by atoms with van der Waals surface area (Å²) in [6, 6.07) is 7.38. The first-order valence-electron chi connectivity index (χ1n) is 7.21. The van der Waals surface area contributed by atoms with Crippen LogP contribution in [0.25, 0.3) is 0 Å². The van der Waals surface area contributed by atoms with Crippen molar-refractivity contribution >= 4 is 17.7 Å². The standard InChI is InChI=1S/C17H21NO2S/c1-4-16(14-9-10-20-11-14)18-17(19)13-5-7-15(8-6-13)21-12(2)3/h1,5-8,12,14,16H,9-11H2,2-3H3,(H,18,19)/t14-,16-/m1/s1. The van der Waals surface area contributed by atoms with Crippen molar-refractivity contribution in [1.29, 1.82) is 0 Å². The predicted molar refractivity (Wildman–Crippen MR) is 86.4 cm³/mol. The number of benzene rings is 1. The fraction of sp³-hybridized carbons (Fsp3) is 0.471. The summed E-state index contributed by atoms with van der Waals surface area (Å²) in [6.45, 7) is 5.64. The third kappa shape index (κ3) is 4.52. The summed E-state index contributed by atoms with van der Waals surface area (Å²) in [6.07, 6.45) is 6.44. The van der Waals surface area contributed by atoms with Gasteiger partial charge in [0.15, 0.2) is 0 Å². The van der Waals surface area contributed by atoms with Gasteiger partial charge in [-0.2, -0.15) is 0 Å². The van der Waals surface area contributed by atoms with Crippen molar-refractivity contribution in [3.05, 3.63) is 29.8 Å². The highest BCUT2D eigenvalue weighted by Crippen LogP contribution is 2.23. The van der Waals surface area contributed by atoms with Crippen LogP contribution in [0.5, 0.6) is 0 Å². The third-order valence-corrected chi connectivity index (χ3v) is 4.41. The fourth-order valence-electron chi connectivity index (χ4n) is 2.29. The van der Waals surface area contributed by atoms with E-state index in [0.717, 1.165) is 13.0 Å². The number of hydrogen-bond acceptors (Lipinski definition) is 3. The van der Waals surface area contributed by atoms with Gasteiger partial charge in [-0.05, 0) is 30.7 Å². The average molecular weight is 303 g/mol. The summed E-state index contributed by atoms with van der Waals surface area (Å²) < 4.78 is 5.33. The molecule has 1 aromatic carbocycles. The van der Waals surface area contributed by atoms with Gasteiger partial charge in [0.2, 0.25) is 0 Å². The van der Waals surface area contributed by atoms with Crippen molar-refractivity contribution < 1.29 is 9.53 Å². The van der Waals surface area contributed by atoms with Gasteiger partial charge in [-0.1, -0.05) is 19.8 Å². The van der Waals surface area contributed by atoms with Crippen molar-refractivity contribution in [3.63, 3.8) is 0 Å². The first kappa shape index (κ1) is 15.9.